The fourth-order valence-corrected chi connectivity index (χ4v) is 2.03. The van der Waals surface area contributed by atoms with Gasteiger partial charge in [-0.1, -0.05) is 36.4 Å². The SMILES string of the molecule is Cc1nn(C)c2nc(/C=C/c3ccccc3)ncc12. The molecule has 0 aliphatic heterocycles. The van der Waals surface area contributed by atoms with Crippen molar-refractivity contribution in [2.24, 2.45) is 7.05 Å². The molecule has 4 nitrogen and oxygen atoms in total. The predicted octanol–water partition coefficient (Wildman–Crippen LogP) is 2.84. The van der Waals surface area contributed by atoms with Gasteiger partial charge in [-0.2, -0.15) is 5.10 Å². The minimum absolute atomic E-state index is 0.694. The summed E-state index contributed by atoms with van der Waals surface area (Å²) in [7, 11) is 1.90. The minimum atomic E-state index is 0.694. The average Bonchev–Trinajstić information content (AvgIpc) is 2.73. The van der Waals surface area contributed by atoms with Crippen LogP contribution in [0.4, 0.5) is 0 Å². The molecule has 0 amide bonds. The van der Waals surface area contributed by atoms with Gasteiger partial charge in [-0.05, 0) is 18.6 Å². The molecule has 0 N–H and O–H groups in total. The Balaban J connectivity index is 1.98. The van der Waals surface area contributed by atoms with E-state index in [4.69, 9.17) is 0 Å². The molecule has 4 heteroatoms. The summed E-state index contributed by atoms with van der Waals surface area (Å²) < 4.78 is 1.78. The lowest BCUT2D eigenvalue weighted by atomic mass is 10.2. The summed E-state index contributed by atoms with van der Waals surface area (Å²) >= 11 is 0. The second-order valence-electron chi connectivity index (χ2n) is 4.42. The molecule has 0 saturated carbocycles. The van der Waals surface area contributed by atoms with Crippen LogP contribution in [0.5, 0.6) is 0 Å². The van der Waals surface area contributed by atoms with Crippen LogP contribution in [0, 0.1) is 6.92 Å². The van der Waals surface area contributed by atoms with E-state index in [1.54, 1.807) is 4.68 Å². The summed E-state index contributed by atoms with van der Waals surface area (Å²) in [6, 6.07) is 10.1. The summed E-state index contributed by atoms with van der Waals surface area (Å²) in [5.41, 5.74) is 2.95. The quantitative estimate of drug-likeness (QED) is 0.702. The van der Waals surface area contributed by atoms with Crippen molar-refractivity contribution in [3.8, 4) is 0 Å². The standard InChI is InChI=1S/C15H14N4/c1-11-13-10-16-14(17-15(13)19(2)18-11)9-8-12-6-4-3-5-7-12/h3-10H,1-2H3/b9-8+. The van der Waals surface area contributed by atoms with Crippen molar-refractivity contribution in [3.05, 3.63) is 53.6 Å². The highest BCUT2D eigenvalue weighted by molar-refractivity contribution is 5.78. The monoisotopic (exact) mass is 250 g/mol. The number of aromatic nitrogens is 4. The maximum Gasteiger partial charge on any atom is 0.161 e. The molecule has 3 rings (SSSR count). The van der Waals surface area contributed by atoms with E-state index in [2.05, 4.69) is 15.1 Å². The van der Waals surface area contributed by atoms with Crippen molar-refractivity contribution in [1.82, 2.24) is 19.7 Å². The Hall–Kier alpha value is -2.49. The van der Waals surface area contributed by atoms with E-state index in [0.29, 0.717) is 5.82 Å². The number of fused-ring (bicyclic) bond motifs is 1. The van der Waals surface area contributed by atoms with Crippen molar-refractivity contribution in [2.45, 2.75) is 6.92 Å². The molecule has 94 valence electrons. The molecule has 0 aliphatic carbocycles. The second-order valence-corrected chi connectivity index (χ2v) is 4.42. The fourth-order valence-electron chi connectivity index (χ4n) is 2.03. The molecule has 0 spiro atoms. The van der Waals surface area contributed by atoms with Crippen molar-refractivity contribution < 1.29 is 0 Å². The van der Waals surface area contributed by atoms with E-state index in [1.165, 1.54) is 0 Å². The molecular formula is C15H14N4. The van der Waals surface area contributed by atoms with Gasteiger partial charge in [0.25, 0.3) is 0 Å². The van der Waals surface area contributed by atoms with E-state index in [1.807, 2.05) is 62.7 Å². The molecule has 0 radical (unpaired) electrons. The van der Waals surface area contributed by atoms with E-state index in [0.717, 1.165) is 22.3 Å². The van der Waals surface area contributed by atoms with E-state index in [9.17, 15) is 0 Å². The van der Waals surface area contributed by atoms with Crippen LogP contribution in [0.25, 0.3) is 23.2 Å². The third-order valence-electron chi connectivity index (χ3n) is 3.01. The topological polar surface area (TPSA) is 43.6 Å². The van der Waals surface area contributed by atoms with Gasteiger partial charge in [0.15, 0.2) is 11.5 Å². The Morgan fingerprint density at radius 2 is 1.89 bits per heavy atom. The van der Waals surface area contributed by atoms with Gasteiger partial charge in [0.1, 0.15) is 0 Å². The van der Waals surface area contributed by atoms with Crippen LogP contribution in [0.1, 0.15) is 17.1 Å². The molecule has 0 saturated heterocycles. The first kappa shape index (κ1) is 11.6. The van der Waals surface area contributed by atoms with Gasteiger partial charge >= 0.3 is 0 Å². The highest BCUT2D eigenvalue weighted by Crippen LogP contribution is 2.14. The molecule has 2 heterocycles. The van der Waals surface area contributed by atoms with Crippen LogP contribution < -0.4 is 0 Å². The van der Waals surface area contributed by atoms with Gasteiger partial charge in [0, 0.05) is 13.2 Å². The molecule has 19 heavy (non-hydrogen) atoms. The Labute approximate surface area is 111 Å². The smallest absolute Gasteiger partial charge is 0.161 e. The Kier molecular flexibility index (Phi) is 2.83. The number of aryl methyl sites for hydroxylation is 2. The number of nitrogens with zero attached hydrogens (tertiary/aromatic N) is 4. The fraction of sp³-hybridized carbons (Fsp3) is 0.133. The highest BCUT2D eigenvalue weighted by atomic mass is 15.3. The predicted molar refractivity (Wildman–Crippen MR) is 76.4 cm³/mol. The van der Waals surface area contributed by atoms with Gasteiger partial charge < -0.3 is 0 Å². The van der Waals surface area contributed by atoms with Gasteiger partial charge in [-0.15, -0.1) is 0 Å². The molecule has 1 aromatic carbocycles. The normalized spacial score (nSPS) is 11.5. The zero-order valence-electron chi connectivity index (χ0n) is 10.9. The number of hydrogen-bond acceptors (Lipinski definition) is 3. The molecule has 2 aromatic heterocycles. The molecule has 0 unspecified atom stereocenters. The lowest BCUT2D eigenvalue weighted by molar-refractivity contribution is 0.772. The van der Waals surface area contributed by atoms with E-state index in [-0.39, 0.29) is 0 Å². The van der Waals surface area contributed by atoms with Crippen molar-refractivity contribution in [1.29, 1.82) is 0 Å². The minimum Gasteiger partial charge on any atom is -0.250 e. The second kappa shape index (κ2) is 4.65. The van der Waals surface area contributed by atoms with Crippen molar-refractivity contribution in [2.75, 3.05) is 0 Å². The Bertz CT molecular complexity index is 741. The van der Waals surface area contributed by atoms with Crippen LogP contribution in [0.15, 0.2) is 36.5 Å². The van der Waals surface area contributed by atoms with Gasteiger partial charge in [0.05, 0.1) is 11.1 Å². The largest absolute Gasteiger partial charge is 0.250 e. The lowest BCUT2D eigenvalue weighted by Gasteiger charge is -1.96. The molecular weight excluding hydrogens is 236 g/mol. The zero-order valence-corrected chi connectivity index (χ0v) is 10.9. The maximum atomic E-state index is 4.51. The summed E-state index contributed by atoms with van der Waals surface area (Å²) in [5.74, 6) is 0.694. The van der Waals surface area contributed by atoms with E-state index < -0.39 is 0 Å². The van der Waals surface area contributed by atoms with Crippen LogP contribution >= 0.6 is 0 Å². The third kappa shape index (κ3) is 2.25. The molecule has 3 aromatic rings. The lowest BCUT2D eigenvalue weighted by Crippen LogP contribution is -1.94. The Morgan fingerprint density at radius 3 is 2.68 bits per heavy atom. The van der Waals surface area contributed by atoms with E-state index >= 15 is 0 Å². The molecule has 0 atom stereocenters. The zero-order chi connectivity index (χ0) is 13.2. The Morgan fingerprint density at radius 1 is 1.11 bits per heavy atom. The van der Waals surface area contributed by atoms with Gasteiger partial charge in [0.2, 0.25) is 0 Å². The van der Waals surface area contributed by atoms with Crippen LogP contribution in [-0.2, 0) is 7.05 Å². The number of benzene rings is 1. The number of rotatable bonds is 2. The van der Waals surface area contributed by atoms with Gasteiger partial charge in [-0.3, -0.25) is 4.68 Å². The summed E-state index contributed by atoms with van der Waals surface area (Å²) in [4.78, 5) is 8.86. The molecule has 0 aliphatic rings. The van der Waals surface area contributed by atoms with Crippen LogP contribution in [-0.4, -0.2) is 19.7 Å². The molecule has 0 fully saturated rings. The molecule has 0 bridgehead atoms. The maximum absolute atomic E-state index is 4.51. The average molecular weight is 250 g/mol. The summed E-state index contributed by atoms with van der Waals surface area (Å²) in [6.07, 6.45) is 5.75. The summed E-state index contributed by atoms with van der Waals surface area (Å²) in [6.45, 7) is 1.96. The third-order valence-corrected chi connectivity index (χ3v) is 3.01. The van der Waals surface area contributed by atoms with Crippen molar-refractivity contribution >= 4 is 23.2 Å². The first-order valence-corrected chi connectivity index (χ1v) is 6.13. The van der Waals surface area contributed by atoms with Crippen LogP contribution in [0.3, 0.4) is 0 Å². The van der Waals surface area contributed by atoms with Crippen LogP contribution in [0.2, 0.25) is 0 Å². The number of hydrogen-bond donors (Lipinski definition) is 0. The van der Waals surface area contributed by atoms with Gasteiger partial charge in [-0.25, -0.2) is 9.97 Å². The first-order valence-electron chi connectivity index (χ1n) is 6.13. The first-order chi connectivity index (χ1) is 9.24. The van der Waals surface area contributed by atoms with Crippen molar-refractivity contribution in [3.63, 3.8) is 0 Å². The summed E-state index contributed by atoms with van der Waals surface area (Å²) in [5, 5.41) is 5.34. The highest BCUT2D eigenvalue weighted by Gasteiger charge is 2.06.